The zero-order valence-electron chi connectivity index (χ0n) is 17.8. The Bertz CT molecular complexity index is 1240. The van der Waals surface area contributed by atoms with Gasteiger partial charge in [0.15, 0.2) is 0 Å². The minimum absolute atomic E-state index is 0.0964. The monoisotopic (exact) mass is 428 g/mol. The van der Waals surface area contributed by atoms with Crippen LogP contribution in [0.2, 0.25) is 0 Å². The lowest BCUT2D eigenvalue weighted by atomic mass is 10.0. The van der Waals surface area contributed by atoms with Crippen LogP contribution >= 0.6 is 0 Å². The van der Waals surface area contributed by atoms with Crippen LogP contribution in [0.3, 0.4) is 0 Å². The van der Waals surface area contributed by atoms with Gasteiger partial charge in [-0.2, -0.15) is 0 Å². The van der Waals surface area contributed by atoms with Gasteiger partial charge in [-0.25, -0.2) is 0 Å². The average Bonchev–Trinajstić information content (AvgIpc) is 3.26. The summed E-state index contributed by atoms with van der Waals surface area (Å²) in [6.45, 7) is 2.65. The van der Waals surface area contributed by atoms with E-state index in [0.29, 0.717) is 18.5 Å². The number of aryl methyl sites for hydroxylation is 1. The van der Waals surface area contributed by atoms with Gasteiger partial charge in [-0.3, -0.25) is 9.78 Å². The highest BCUT2D eigenvalue weighted by Gasteiger charge is 2.32. The van der Waals surface area contributed by atoms with Crippen molar-refractivity contribution < 1.29 is 19.1 Å². The summed E-state index contributed by atoms with van der Waals surface area (Å²) in [5.74, 6) is 2.25. The molecule has 3 heterocycles. The highest BCUT2D eigenvalue weighted by Crippen LogP contribution is 2.28. The number of carbonyl (C=O) groups is 1. The van der Waals surface area contributed by atoms with Gasteiger partial charge in [0.25, 0.3) is 5.91 Å². The molecule has 0 spiro atoms. The van der Waals surface area contributed by atoms with Crippen LogP contribution in [0.5, 0.6) is 5.75 Å². The summed E-state index contributed by atoms with van der Waals surface area (Å²) < 4.78 is 11.8. The average molecular weight is 428 g/mol. The van der Waals surface area contributed by atoms with Crippen molar-refractivity contribution in [3.05, 3.63) is 84.4 Å². The van der Waals surface area contributed by atoms with Gasteiger partial charge < -0.3 is 19.2 Å². The smallest absolute Gasteiger partial charge is 0.253 e. The molecule has 0 aliphatic carbocycles. The molecule has 0 bridgehead atoms. The maximum absolute atomic E-state index is 13.0. The lowest BCUT2D eigenvalue weighted by Crippen LogP contribution is -2.51. The predicted molar refractivity (Wildman–Crippen MR) is 122 cm³/mol. The summed E-state index contributed by atoms with van der Waals surface area (Å²) in [6, 6.07) is 18.9. The molecule has 1 aliphatic heterocycles. The number of carbonyl (C=O) groups excluding carboxylic acids is 1. The summed E-state index contributed by atoms with van der Waals surface area (Å²) in [5.41, 5.74) is 1.51. The second-order valence-electron chi connectivity index (χ2n) is 8.10. The van der Waals surface area contributed by atoms with Gasteiger partial charge in [0.2, 0.25) is 0 Å². The van der Waals surface area contributed by atoms with E-state index < -0.39 is 6.10 Å². The number of fused-ring (bicyclic) bond motifs is 1. The number of aliphatic hydroxyl groups is 1. The number of likely N-dealkylation sites (tertiary alicyclic amines) is 1. The van der Waals surface area contributed by atoms with Crippen LogP contribution < -0.4 is 4.74 Å². The number of furan rings is 1. The number of hydrogen-bond donors (Lipinski definition) is 1. The molecule has 1 aliphatic rings. The zero-order chi connectivity index (χ0) is 22.1. The van der Waals surface area contributed by atoms with Crippen molar-refractivity contribution in [2.45, 2.75) is 25.6 Å². The fraction of sp³-hybridized carbons (Fsp3) is 0.231. The Kier molecular flexibility index (Phi) is 5.37. The Balaban J connectivity index is 1.25. The molecule has 2 atom stereocenters. The van der Waals surface area contributed by atoms with E-state index in [9.17, 15) is 9.90 Å². The van der Waals surface area contributed by atoms with Crippen molar-refractivity contribution in [3.8, 4) is 17.1 Å². The summed E-state index contributed by atoms with van der Waals surface area (Å²) >= 11 is 0. The van der Waals surface area contributed by atoms with E-state index in [-0.39, 0.29) is 18.6 Å². The molecule has 2 aromatic heterocycles. The number of benzene rings is 2. The van der Waals surface area contributed by atoms with Crippen molar-refractivity contribution in [3.63, 3.8) is 0 Å². The van der Waals surface area contributed by atoms with Crippen molar-refractivity contribution in [1.82, 2.24) is 9.88 Å². The maximum atomic E-state index is 13.0. The predicted octanol–water partition coefficient (Wildman–Crippen LogP) is 4.46. The molecule has 4 aromatic rings. The first-order valence-corrected chi connectivity index (χ1v) is 10.7. The third-order valence-electron chi connectivity index (χ3n) is 5.88. The number of hydrogen-bond acceptors (Lipinski definition) is 5. The first kappa shape index (κ1) is 20.3. The molecule has 32 heavy (non-hydrogen) atoms. The van der Waals surface area contributed by atoms with Crippen LogP contribution in [0.4, 0.5) is 0 Å². The number of nitrogens with zero attached hydrogens (tertiary/aromatic N) is 2. The largest absolute Gasteiger partial charge is 0.487 e. The SMILES string of the molecule is Cc1ccc(-c2ccc(C(=O)N3CC[C@@H](Oc4cccc5cnccc45)[C@H](O)C3)cc2)o1. The quantitative estimate of drug-likeness (QED) is 0.520. The van der Waals surface area contributed by atoms with E-state index in [2.05, 4.69) is 4.98 Å². The van der Waals surface area contributed by atoms with Gasteiger partial charge in [0.05, 0.1) is 6.54 Å². The van der Waals surface area contributed by atoms with Gasteiger partial charge in [-0.05, 0) is 43.3 Å². The van der Waals surface area contributed by atoms with Gasteiger partial charge >= 0.3 is 0 Å². The molecule has 1 N–H and O–H groups in total. The molecule has 1 saturated heterocycles. The highest BCUT2D eigenvalue weighted by molar-refractivity contribution is 5.94. The highest BCUT2D eigenvalue weighted by atomic mass is 16.5. The van der Waals surface area contributed by atoms with Crippen LogP contribution in [0.1, 0.15) is 22.5 Å². The van der Waals surface area contributed by atoms with Crippen LogP contribution in [-0.4, -0.2) is 46.2 Å². The molecule has 6 heteroatoms. The lowest BCUT2D eigenvalue weighted by Gasteiger charge is -2.36. The number of aromatic nitrogens is 1. The van der Waals surface area contributed by atoms with Crippen molar-refractivity contribution >= 4 is 16.7 Å². The molecular formula is C26H24N2O4. The molecule has 5 rings (SSSR count). The number of piperidine rings is 1. The van der Waals surface area contributed by atoms with Gasteiger partial charge in [-0.15, -0.1) is 0 Å². The number of pyridine rings is 1. The fourth-order valence-electron chi connectivity index (χ4n) is 4.14. The molecule has 0 radical (unpaired) electrons. The molecule has 0 saturated carbocycles. The topological polar surface area (TPSA) is 75.8 Å². The Morgan fingerprint density at radius 2 is 1.97 bits per heavy atom. The summed E-state index contributed by atoms with van der Waals surface area (Å²) in [7, 11) is 0. The second kappa shape index (κ2) is 8.48. The summed E-state index contributed by atoms with van der Waals surface area (Å²) in [4.78, 5) is 18.8. The number of aliphatic hydroxyl groups excluding tert-OH is 1. The first-order chi connectivity index (χ1) is 15.6. The molecule has 2 aromatic carbocycles. The third kappa shape index (κ3) is 3.97. The number of ether oxygens (including phenoxy) is 1. The Morgan fingerprint density at radius 1 is 1.12 bits per heavy atom. The van der Waals surface area contributed by atoms with Crippen LogP contribution in [0.15, 0.2) is 77.5 Å². The summed E-state index contributed by atoms with van der Waals surface area (Å²) in [6.07, 6.45) is 2.93. The summed E-state index contributed by atoms with van der Waals surface area (Å²) in [5, 5.41) is 12.7. The van der Waals surface area contributed by atoms with Gasteiger partial charge in [0.1, 0.15) is 29.5 Å². The zero-order valence-corrected chi connectivity index (χ0v) is 17.8. The number of rotatable bonds is 4. The van der Waals surface area contributed by atoms with Crippen molar-refractivity contribution in [2.75, 3.05) is 13.1 Å². The molecule has 162 valence electrons. The molecule has 0 unspecified atom stereocenters. The van der Waals surface area contributed by atoms with Crippen LogP contribution in [0.25, 0.3) is 22.1 Å². The molecular weight excluding hydrogens is 404 g/mol. The minimum Gasteiger partial charge on any atom is -0.487 e. The second-order valence-corrected chi connectivity index (χ2v) is 8.10. The Labute approximate surface area is 186 Å². The normalized spacial score (nSPS) is 18.6. The van der Waals surface area contributed by atoms with E-state index in [4.69, 9.17) is 9.15 Å². The number of amides is 1. The van der Waals surface area contributed by atoms with Crippen LogP contribution in [-0.2, 0) is 0 Å². The van der Waals surface area contributed by atoms with E-state index >= 15 is 0 Å². The standard InChI is InChI=1S/C26H24N2O4/c1-17-5-10-23(31-17)18-6-8-19(9-7-18)26(30)28-14-12-25(22(29)16-28)32-24-4-2-3-20-15-27-13-11-21(20)24/h2-11,13,15,22,25,29H,12,14,16H2,1H3/t22-,25-/m1/s1. The van der Waals surface area contributed by atoms with Crippen molar-refractivity contribution in [2.24, 2.45) is 0 Å². The van der Waals surface area contributed by atoms with Gasteiger partial charge in [0, 0.05) is 47.3 Å². The van der Waals surface area contributed by atoms with E-state index in [1.165, 1.54) is 0 Å². The maximum Gasteiger partial charge on any atom is 0.253 e. The minimum atomic E-state index is -0.768. The van der Waals surface area contributed by atoms with E-state index in [1.807, 2.05) is 55.5 Å². The first-order valence-electron chi connectivity index (χ1n) is 10.7. The van der Waals surface area contributed by atoms with E-state index in [1.54, 1.807) is 29.4 Å². The van der Waals surface area contributed by atoms with Crippen LogP contribution in [0, 0.1) is 6.92 Å². The number of β-amino-alcohol motifs (C(OH)–C–C–N with tert-alkyl or cyclic N) is 1. The lowest BCUT2D eigenvalue weighted by molar-refractivity contribution is -0.0193. The fourth-order valence-corrected chi connectivity index (χ4v) is 4.14. The van der Waals surface area contributed by atoms with Gasteiger partial charge in [-0.1, -0.05) is 24.3 Å². The van der Waals surface area contributed by atoms with E-state index in [0.717, 1.165) is 33.6 Å². The Morgan fingerprint density at radius 3 is 2.72 bits per heavy atom. The molecule has 6 nitrogen and oxygen atoms in total. The molecule has 1 amide bonds. The molecule has 1 fully saturated rings. The van der Waals surface area contributed by atoms with Crippen molar-refractivity contribution in [1.29, 1.82) is 0 Å². The Hall–Kier alpha value is -3.64. The third-order valence-corrected chi connectivity index (χ3v) is 5.88.